The molecule has 1 aromatic carbocycles. The number of hydrogen-bond donors (Lipinski definition) is 1. The smallest absolute Gasteiger partial charge is 0.270 e. The van der Waals surface area contributed by atoms with Gasteiger partial charge in [-0.25, -0.2) is 4.98 Å². The molecule has 0 unspecified atom stereocenters. The van der Waals surface area contributed by atoms with E-state index in [1.807, 2.05) is 49.9 Å². The average Bonchev–Trinajstić information content (AvgIpc) is 3.18. The van der Waals surface area contributed by atoms with Crippen LogP contribution in [-0.2, 0) is 4.79 Å². The van der Waals surface area contributed by atoms with Crippen molar-refractivity contribution in [2.75, 3.05) is 20.2 Å². The Morgan fingerprint density at radius 2 is 1.82 bits per heavy atom. The molecule has 1 fully saturated rings. The van der Waals surface area contributed by atoms with Gasteiger partial charge in [-0.05, 0) is 37.1 Å². The van der Waals surface area contributed by atoms with Gasteiger partial charge in [-0.2, -0.15) is 0 Å². The Bertz CT molecular complexity index is 831. The molecule has 1 aliphatic heterocycles. The van der Waals surface area contributed by atoms with Crippen molar-refractivity contribution in [3.05, 3.63) is 35.3 Å². The third kappa shape index (κ3) is 4.70. The van der Waals surface area contributed by atoms with E-state index in [9.17, 15) is 9.59 Å². The summed E-state index contributed by atoms with van der Waals surface area (Å²) < 4.78 is 5.17. The first-order chi connectivity index (χ1) is 13.3. The Labute approximate surface area is 169 Å². The third-order valence-corrected chi connectivity index (χ3v) is 5.72. The van der Waals surface area contributed by atoms with Crippen molar-refractivity contribution < 1.29 is 14.3 Å². The van der Waals surface area contributed by atoms with Crippen LogP contribution in [0, 0.1) is 5.41 Å². The first-order valence-corrected chi connectivity index (χ1v) is 10.4. The minimum atomic E-state index is -0.367. The van der Waals surface area contributed by atoms with E-state index in [1.54, 1.807) is 12.5 Å². The van der Waals surface area contributed by atoms with Gasteiger partial charge in [0.15, 0.2) is 0 Å². The lowest BCUT2D eigenvalue weighted by atomic mass is 9.93. The fraction of sp³-hybridized carbons (Fsp3) is 0.476. The summed E-state index contributed by atoms with van der Waals surface area (Å²) >= 11 is 1.45. The van der Waals surface area contributed by atoms with E-state index < -0.39 is 0 Å². The zero-order valence-electron chi connectivity index (χ0n) is 16.8. The Balaban J connectivity index is 1.56. The van der Waals surface area contributed by atoms with Crippen molar-refractivity contribution in [2.45, 2.75) is 39.7 Å². The van der Waals surface area contributed by atoms with Gasteiger partial charge < -0.3 is 15.0 Å². The number of thiazole rings is 1. The van der Waals surface area contributed by atoms with Crippen molar-refractivity contribution in [3.63, 3.8) is 0 Å². The van der Waals surface area contributed by atoms with Crippen molar-refractivity contribution in [1.82, 2.24) is 15.2 Å². The second-order valence-electron chi connectivity index (χ2n) is 8.06. The molecule has 2 amide bonds. The van der Waals surface area contributed by atoms with Crippen LogP contribution in [0.3, 0.4) is 0 Å². The maximum absolute atomic E-state index is 12.6. The van der Waals surface area contributed by atoms with Gasteiger partial charge in [0.25, 0.3) is 5.91 Å². The molecule has 0 spiro atoms. The Morgan fingerprint density at radius 1 is 1.18 bits per heavy atom. The summed E-state index contributed by atoms with van der Waals surface area (Å²) in [6.07, 6.45) is 1.53. The first-order valence-electron chi connectivity index (χ1n) is 9.48. The van der Waals surface area contributed by atoms with E-state index in [0.717, 1.165) is 29.2 Å². The Morgan fingerprint density at radius 3 is 2.39 bits per heavy atom. The lowest BCUT2D eigenvalue weighted by Crippen LogP contribution is -2.49. The quantitative estimate of drug-likeness (QED) is 0.850. The molecule has 28 heavy (non-hydrogen) atoms. The minimum absolute atomic E-state index is 0.0719. The number of nitrogens with zero attached hydrogens (tertiary/aromatic N) is 2. The molecule has 7 heteroatoms. The topological polar surface area (TPSA) is 71.5 Å². The van der Waals surface area contributed by atoms with Crippen LogP contribution in [0.15, 0.2) is 29.6 Å². The summed E-state index contributed by atoms with van der Waals surface area (Å²) in [5, 5.41) is 5.65. The van der Waals surface area contributed by atoms with E-state index in [0.29, 0.717) is 18.8 Å². The first kappa shape index (κ1) is 20.3. The van der Waals surface area contributed by atoms with Crippen LogP contribution in [-0.4, -0.2) is 47.9 Å². The van der Waals surface area contributed by atoms with Gasteiger partial charge >= 0.3 is 0 Å². The normalized spacial score (nSPS) is 15.4. The van der Waals surface area contributed by atoms with Crippen LogP contribution in [0.4, 0.5) is 0 Å². The Hall–Kier alpha value is -2.41. The average molecular weight is 402 g/mol. The van der Waals surface area contributed by atoms with Gasteiger partial charge in [-0.1, -0.05) is 20.8 Å². The molecule has 0 aliphatic carbocycles. The molecule has 2 aromatic rings. The van der Waals surface area contributed by atoms with E-state index in [1.165, 1.54) is 11.3 Å². The predicted octanol–water partition coefficient (Wildman–Crippen LogP) is 3.59. The van der Waals surface area contributed by atoms with Crippen LogP contribution in [0.1, 0.15) is 44.1 Å². The van der Waals surface area contributed by atoms with Crippen molar-refractivity contribution in [2.24, 2.45) is 5.41 Å². The number of nitrogens with one attached hydrogen (secondary N) is 1. The Kier molecular flexibility index (Phi) is 6.03. The number of likely N-dealkylation sites (tertiary alicyclic amines) is 1. The molecule has 0 radical (unpaired) electrons. The number of methoxy groups -OCH3 is 1. The fourth-order valence-corrected chi connectivity index (χ4v) is 4.01. The van der Waals surface area contributed by atoms with Gasteiger partial charge in [0, 0.05) is 35.5 Å². The highest BCUT2D eigenvalue weighted by atomic mass is 32.1. The molecule has 0 bridgehead atoms. The molecule has 3 rings (SSSR count). The van der Waals surface area contributed by atoms with Crippen molar-refractivity contribution in [1.29, 1.82) is 0 Å². The van der Waals surface area contributed by atoms with Crippen LogP contribution in [0.2, 0.25) is 0 Å². The predicted molar refractivity (Wildman–Crippen MR) is 111 cm³/mol. The monoisotopic (exact) mass is 401 g/mol. The van der Waals surface area contributed by atoms with Gasteiger partial charge in [0.1, 0.15) is 16.5 Å². The maximum atomic E-state index is 12.6. The van der Waals surface area contributed by atoms with Crippen LogP contribution in [0.25, 0.3) is 10.6 Å². The molecule has 1 saturated heterocycles. The van der Waals surface area contributed by atoms with Crippen molar-refractivity contribution in [3.8, 4) is 16.3 Å². The largest absolute Gasteiger partial charge is 0.497 e. The minimum Gasteiger partial charge on any atom is -0.497 e. The van der Waals surface area contributed by atoms with Gasteiger partial charge in [-0.15, -0.1) is 11.3 Å². The molecular weight excluding hydrogens is 374 g/mol. The van der Waals surface area contributed by atoms with E-state index >= 15 is 0 Å². The third-order valence-electron chi connectivity index (χ3n) is 4.83. The standard InChI is InChI=1S/C21H27N3O3S/c1-21(2,3)20(26)24-11-9-15(10-12-24)22-18(25)17-13-28-19(23-17)14-5-7-16(27-4)8-6-14/h5-8,13,15H,9-12H2,1-4H3,(H,22,25). The number of hydrogen-bond acceptors (Lipinski definition) is 5. The number of amides is 2. The van der Waals surface area contributed by atoms with Crippen LogP contribution < -0.4 is 10.1 Å². The zero-order chi connectivity index (χ0) is 20.3. The number of rotatable bonds is 4. The van der Waals surface area contributed by atoms with E-state index in [2.05, 4.69) is 10.3 Å². The number of ether oxygens (including phenoxy) is 1. The summed E-state index contributed by atoms with van der Waals surface area (Å²) in [7, 11) is 1.63. The van der Waals surface area contributed by atoms with E-state index in [-0.39, 0.29) is 23.3 Å². The second-order valence-corrected chi connectivity index (χ2v) is 8.91. The molecule has 6 nitrogen and oxygen atoms in total. The lowest BCUT2D eigenvalue weighted by molar-refractivity contribution is -0.140. The van der Waals surface area contributed by atoms with Gasteiger partial charge in [0.05, 0.1) is 7.11 Å². The van der Waals surface area contributed by atoms with Gasteiger partial charge in [0.2, 0.25) is 5.91 Å². The number of piperidine rings is 1. The molecule has 0 saturated carbocycles. The highest BCUT2D eigenvalue weighted by Gasteiger charge is 2.31. The SMILES string of the molecule is COc1ccc(-c2nc(C(=O)NC3CCN(C(=O)C(C)(C)C)CC3)cs2)cc1. The summed E-state index contributed by atoms with van der Waals surface area (Å²) in [6, 6.07) is 7.69. The zero-order valence-corrected chi connectivity index (χ0v) is 17.6. The fourth-order valence-electron chi connectivity index (χ4n) is 3.20. The molecule has 1 aromatic heterocycles. The summed E-state index contributed by atoms with van der Waals surface area (Å²) in [5.74, 6) is 0.798. The second kappa shape index (κ2) is 8.31. The number of carbonyl (C=O) groups excluding carboxylic acids is 2. The van der Waals surface area contributed by atoms with E-state index in [4.69, 9.17) is 4.74 Å². The highest BCUT2D eigenvalue weighted by molar-refractivity contribution is 7.13. The van der Waals surface area contributed by atoms with Gasteiger partial charge in [-0.3, -0.25) is 9.59 Å². The van der Waals surface area contributed by atoms with Crippen LogP contribution in [0.5, 0.6) is 5.75 Å². The number of aromatic nitrogens is 1. The lowest BCUT2D eigenvalue weighted by Gasteiger charge is -2.35. The summed E-state index contributed by atoms with van der Waals surface area (Å²) in [4.78, 5) is 31.3. The number of benzene rings is 1. The molecule has 1 aliphatic rings. The van der Waals surface area contributed by atoms with Crippen LogP contribution >= 0.6 is 11.3 Å². The summed E-state index contributed by atoms with van der Waals surface area (Å²) in [5.41, 5.74) is 1.03. The molecular formula is C21H27N3O3S. The summed E-state index contributed by atoms with van der Waals surface area (Å²) in [6.45, 7) is 7.16. The number of carbonyl (C=O) groups is 2. The molecule has 1 N–H and O–H groups in total. The molecule has 0 atom stereocenters. The van der Waals surface area contributed by atoms with Crippen molar-refractivity contribution >= 4 is 23.2 Å². The maximum Gasteiger partial charge on any atom is 0.270 e. The molecule has 2 heterocycles. The highest BCUT2D eigenvalue weighted by Crippen LogP contribution is 2.26. The molecule has 150 valence electrons.